The van der Waals surface area contributed by atoms with Gasteiger partial charge in [-0.25, -0.2) is 0 Å². The Morgan fingerprint density at radius 2 is 1.75 bits per heavy atom. The summed E-state index contributed by atoms with van der Waals surface area (Å²) in [6.07, 6.45) is 2.21. The minimum absolute atomic E-state index is 0.0410. The van der Waals surface area contributed by atoms with Gasteiger partial charge in [0.05, 0.1) is 5.75 Å². The summed E-state index contributed by atoms with van der Waals surface area (Å²) < 4.78 is 0. The molecule has 0 heterocycles. The lowest BCUT2D eigenvalue weighted by Gasteiger charge is -2.10. The van der Waals surface area contributed by atoms with E-state index in [0.717, 1.165) is 28.8 Å². The maximum absolute atomic E-state index is 12.3. The van der Waals surface area contributed by atoms with Crippen LogP contribution in [0, 0.1) is 6.92 Å². The molecule has 3 aromatic rings. The summed E-state index contributed by atoms with van der Waals surface area (Å²) >= 11 is 1.57. The molecule has 1 aliphatic carbocycles. The molecule has 0 atom stereocenters. The number of amides is 1. The number of carbonyl (C=O) groups excluding carboxylic acids is 1. The molecular formula is C21H19NOS. The van der Waals surface area contributed by atoms with Crippen LogP contribution in [0.15, 0.2) is 59.5 Å². The van der Waals surface area contributed by atoms with Gasteiger partial charge in [0.25, 0.3) is 0 Å². The third-order valence-corrected chi connectivity index (χ3v) is 5.55. The van der Waals surface area contributed by atoms with Crippen molar-refractivity contribution in [2.75, 3.05) is 11.1 Å². The molecule has 4 rings (SSSR count). The Hall–Kier alpha value is -2.26. The minimum Gasteiger partial charge on any atom is -0.325 e. The van der Waals surface area contributed by atoms with Crippen molar-refractivity contribution >= 4 is 34.1 Å². The summed E-state index contributed by atoms with van der Waals surface area (Å²) in [6.45, 7) is 2.07. The van der Waals surface area contributed by atoms with E-state index in [0.29, 0.717) is 5.75 Å². The van der Waals surface area contributed by atoms with E-state index >= 15 is 0 Å². The van der Waals surface area contributed by atoms with Crippen LogP contribution in [0.4, 0.5) is 5.69 Å². The van der Waals surface area contributed by atoms with Crippen LogP contribution in [-0.4, -0.2) is 11.7 Å². The van der Waals surface area contributed by atoms with E-state index in [2.05, 4.69) is 60.8 Å². The van der Waals surface area contributed by atoms with Crippen LogP contribution in [0.2, 0.25) is 0 Å². The van der Waals surface area contributed by atoms with Gasteiger partial charge in [0.15, 0.2) is 0 Å². The first-order chi connectivity index (χ1) is 11.7. The second kappa shape index (κ2) is 6.33. The first-order valence-corrected chi connectivity index (χ1v) is 9.22. The summed E-state index contributed by atoms with van der Waals surface area (Å²) in [5, 5.41) is 5.59. The maximum Gasteiger partial charge on any atom is 0.234 e. The smallest absolute Gasteiger partial charge is 0.234 e. The quantitative estimate of drug-likeness (QED) is 0.682. The van der Waals surface area contributed by atoms with Crippen molar-refractivity contribution in [2.45, 2.75) is 24.7 Å². The Bertz CT molecular complexity index is 905. The molecule has 1 amide bonds. The zero-order valence-electron chi connectivity index (χ0n) is 13.6. The lowest BCUT2D eigenvalue weighted by molar-refractivity contribution is -0.113. The molecule has 3 heteroatoms. The number of thioether (sulfide) groups is 1. The molecule has 2 nitrogen and oxygen atoms in total. The number of rotatable bonds is 4. The summed E-state index contributed by atoms with van der Waals surface area (Å²) in [6, 6.07) is 18.9. The molecular weight excluding hydrogens is 314 g/mol. The van der Waals surface area contributed by atoms with E-state index < -0.39 is 0 Å². The SMILES string of the molecule is Cc1ccc(SCC(=O)Nc2ccc3c4c(cccc24)CC3)cc1. The molecule has 1 aliphatic rings. The fraction of sp³-hybridized carbons (Fsp3) is 0.190. The highest BCUT2D eigenvalue weighted by molar-refractivity contribution is 8.00. The summed E-state index contributed by atoms with van der Waals surface area (Å²) in [5.41, 5.74) is 4.95. The average molecular weight is 333 g/mol. The van der Waals surface area contributed by atoms with E-state index in [1.54, 1.807) is 11.8 Å². The van der Waals surface area contributed by atoms with E-state index in [1.165, 1.54) is 22.1 Å². The van der Waals surface area contributed by atoms with Crippen molar-refractivity contribution < 1.29 is 4.79 Å². The fourth-order valence-corrected chi connectivity index (χ4v) is 4.02. The van der Waals surface area contributed by atoms with Gasteiger partial charge in [-0.3, -0.25) is 4.79 Å². The first kappa shape index (κ1) is 15.3. The summed E-state index contributed by atoms with van der Waals surface area (Å²) in [5.74, 6) is 0.464. The molecule has 0 spiro atoms. The molecule has 0 unspecified atom stereocenters. The zero-order valence-corrected chi connectivity index (χ0v) is 14.5. The Labute approximate surface area is 146 Å². The van der Waals surface area contributed by atoms with Crippen LogP contribution < -0.4 is 5.32 Å². The summed E-state index contributed by atoms with van der Waals surface area (Å²) in [4.78, 5) is 13.5. The highest BCUT2D eigenvalue weighted by Gasteiger charge is 2.16. The number of hydrogen-bond donors (Lipinski definition) is 1. The van der Waals surface area contributed by atoms with Gasteiger partial charge in [-0.1, -0.05) is 42.0 Å². The number of nitrogens with one attached hydrogen (secondary N) is 1. The van der Waals surface area contributed by atoms with E-state index in [-0.39, 0.29) is 5.91 Å². The van der Waals surface area contributed by atoms with Crippen LogP contribution in [0.5, 0.6) is 0 Å². The van der Waals surface area contributed by atoms with Crippen LogP contribution in [0.25, 0.3) is 10.8 Å². The molecule has 3 aromatic carbocycles. The average Bonchev–Trinajstić information content (AvgIpc) is 3.02. The third kappa shape index (κ3) is 2.92. The summed E-state index contributed by atoms with van der Waals surface area (Å²) in [7, 11) is 0. The van der Waals surface area contributed by atoms with Gasteiger partial charge in [-0.15, -0.1) is 11.8 Å². The molecule has 0 aromatic heterocycles. The van der Waals surface area contributed by atoms with Gasteiger partial charge < -0.3 is 5.32 Å². The first-order valence-electron chi connectivity index (χ1n) is 8.23. The van der Waals surface area contributed by atoms with Crippen molar-refractivity contribution in [3.05, 3.63) is 71.3 Å². The minimum atomic E-state index is 0.0410. The molecule has 1 N–H and O–H groups in total. The largest absolute Gasteiger partial charge is 0.325 e. The van der Waals surface area contributed by atoms with Gasteiger partial charge in [0.1, 0.15) is 0 Å². The van der Waals surface area contributed by atoms with E-state index in [9.17, 15) is 4.79 Å². The Kier molecular flexibility index (Phi) is 4.03. The molecule has 24 heavy (non-hydrogen) atoms. The van der Waals surface area contributed by atoms with Crippen molar-refractivity contribution in [1.82, 2.24) is 0 Å². The Morgan fingerprint density at radius 3 is 2.54 bits per heavy atom. The maximum atomic E-state index is 12.3. The van der Waals surface area contributed by atoms with Gasteiger partial charge >= 0.3 is 0 Å². The second-order valence-electron chi connectivity index (χ2n) is 6.26. The molecule has 120 valence electrons. The number of carbonyl (C=O) groups is 1. The lowest BCUT2D eigenvalue weighted by Crippen LogP contribution is -2.14. The third-order valence-electron chi connectivity index (χ3n) is 4.54. The Balaban J connectivity index is 1.50. The Morgan fingerprint density at radius 1 is 1.00 bits per heavy atom. The fourth-order valence-electron chi connectivity index (χ4n) is 3.33. The standard InChI is InChI=1S/C21H19NOS/c1-14-5-10-17(11-6-14)24-13-20(23)22-19-12-9-16-8-7-15-3-2-4-18(19)21(15)16/h2-6,9-12H,7-8,13H2,1H3,(H,22,23). The van der Waals surface area contributed by atoms with Crippen molar-refractivity contribution in [1.29, 1.82) is 0 Å². The highest BCUT2D eigenvalue weighted by Crippen LogP contribution is 2.35. The molecule has 0 saturated carbocycles. The van der Waals surface area contributed by atoms with E-state index in [4.69, 9.17) is 0 Å². The molecule has 0 saturated heterocycles. The van der Waals surface area contributed by atoms with E-state index in [1.807, 2.05) is 6.07 Å². The number of anilines is 1. The van der Waals surface area contributed by atoms with Gasteiger partial charge in [-0.05, 0) is 54.5 Å². The van der Waals surface area contributed by atoms with Crippen LogP contribution in [0.3, 0.4) is 0 Å². The van der Waals surface area contributed by atoms with Crippen LogP contribution >= 0.6 is 11.8 Å². The number of benzene rings is 3. The second-order valence-corrected chi connectivity index (χ2v) is 7.31. The van der Waals surface area contributed by atoms with Crippen molar-refractivity contribution in [3.8, 4) is 0 Å². The monoisotopic (exact) mass is 333 g/mol. The molecule has 0 fully saturated rings. The number of hydrogen-bond acceptors (Lipinski definition) is 2. The lowest BCUT2D eigenvalue weighted by atomic mass is 10.0. The van der Waals surface area contributed by atoms with Crippen molar-refractivity contribution in [3.63, 3.8) is 0 Å². The zero-order chi connectivity index (χ0) is 16.5. The van der Waals surface area contributed by atoms with Gasteiger partial charge in [-0.2, -0.15) is 0 Å². The molecule has 0 bridgehead atoms. The van der Waals surface area contributed by atoms with Gasteiger partial charge in [0, 0.05) is 16.0 Å². The highest BCUT2D eigenvalue weighted by atomic mass is 32.2. The van der Waals surface area contributed by atoms with Crippen molar-refractivity contribution in [2.24, 2.45) is 0 Å². The molecule has 0 aliphatic heterocycles. The topological polar surface area (TPSA) is 29.1 Å². The normalized spacial score (nSPS) is 12.5. The molecule has 0 radical (unpaired) electrons. The predicted molar refractivity (Wildman–Crippen MR) is 102 cm³/mol. The predicted octanol–water partition coefficient (Wildman–Crippen LogP) is 4.98. The van der Waals surface area contributed by atoms with Gasteiger partial charge in [0.2, 0.25) is 5.91 Å². The number of aryl methyl sites for hydroxylation is 3. The van der Waals surface area contributed by atoms with Crippen LogP contribution in [-0.2, 0) is 17.6 Å². The van der Waals surface area contributed by atoms with Crippen LogP contribution in [0.1, 0.15) is 16.7 Å².